The molecule has 0 bridgehead atoms. The number of hydrogen-bond acceptors (Lipinski definition) is 3. The van der Waals surface area contributed by atoms with Crippen LogP contribution in [0.5, 0.6) is 5.75 Å². The second-order valence-electron chi connectivity index (χ2n) is 3.99. The van der Waals surface area contributed by atoms with Crippen molar-refractivity contribution < 1.29 is 9.53 Å². The van der Waals surface area contributed by atoms with E-state index < -0.39 is 0 Å². The predicted octanol–water partition coefficient (Wildman–Crippen LogP) is 3.47. The number of carbonyl (C=O) groups excluding carboxylic acids is 1. The average molecular weight is 287 g/mol. The van der Waals surface area contributed by atoms with E-state index in [4.69, 9.17) is 21.6 Å². The number of ether oxygens (including phenoxy) is 1. The number of rotatable bonds is 3. The molecule has 0 saturated heterocycles. The van der Waals surface area contributed by atoms with Gasteiger partial charge in [-0.2, -0.15) is 5.26 Å². The van der Waals surface area contributed by atoms with E-state index in [0.717, 1.165) is 0 Å². The third kappa shape index (κ3) is 3.08. The van der Waals surface area contributed by atoms with Crippen molar-refractivity contribution in [3.05, 3.63) is 58.6 Å². The normalized spacial score (nSPS) is 9.65. The van der Waals surface area contributed by atoms with Gasteiger partial charge >= 0.3 is 0 Å². The molecular weight excluding hydrogens is 276 g/mol. The summed E-state index contributed by atoms with van der Waals surface area (Å²) >= 11 is 5.91. The summed E-state index contributed by atoms with van der Waals surface area (Å²) in [4.78, 5) is 12.0. The molecule has 0 aliphatic rings. The summed E-state index contributed by atoms with van der Waals surface area (Å²) < 4.78 is 5.08. The van der Waals surface area contributed by atoms with Crippen molar-refractivity contribution in [2.75, 3.05) is 12.4 Å². The Labute approximate surface area is 121 Å². The van der Waals surface area contributed by atoms with Gasteiger partial charge in [-0.3, -0.25) is 4.79 Å². The third-order valence-corrected chi connectivity index (χ3v) is 3.00. The fraction of sp³-hybridized carbons (Fsp3) is 0.0667. The number of carbonyl (C=O) groups is 1. The minimum Gasteiger partial charge on any atom is -0.495 e. The molecule has 2 aromatic rings. The first kappa shape index (κ1) is 13.9. The van der Waals surface area contributed by atoms with Crippen molar-refractivity contribution in [1.82, 2.24) is 0 Å². The smallest absolute Gasteiger partial charge is 0.255 e. The van der Waals surface area contributed by atoms with Gasteiger partial charge in [0.1, 0.15) is 5.75 Å². The Kier molecular flexibility index (Phi) is 4.24. The number of nitrogens with one attached hydrogen (secondary N) is 1. The van der Waals surface area contributed by atoms with Crippen LogP contribution in [0.2, 0.25) is 5.02 Å². The van der Waals surface area contributed by atoms with Gasteiger partial charge in [-0.1, -0.05) is 11.6 Å². The maximum atomic E-state index is 12.0. The fourth-order valence-corrected chi connectivity index (χ4v) is 1.83. The Balaban J connectivity index is 2.16. The molecule has 0 spiro atoms. The summed E-state index contributed by atoms with van der Waals surface area (Å²) in [5.74, 6) is 0.225. The summed E-state index contributed by atoms with van der Waals surface area (Å²) in [6, 6.07) is 13.4. The van der Waals surface area contributed by atoms with E-state index in [-0.39, 0.29) is 5.91 Å². The molecule has 0 heterocycles. The molecule has 0 unspecified atom stereocenters. The van der Waals surface area contributed by atoms with E-state index in [0.29, 0.717) is 27.6 Å². The van der Waals surface area contributed by atoms with Crippen LogP contribution < -0.4 is 10.1 Å². The lowest BCUT2D eigenvalue weighted by Gasteiger charge is -2.08. The molecule has 0 aliphatic heterocycles. The number of halogens is 1. The summed E-state index contributed by atoms with van der Waals surface area (Å²) in [5.41, 5.74) is 1.56. The first-order valence-electron chi connectivity index (χ1n) is 5.79. The van der Waals surface area contributed by atoms with Crippen LogP contribution in [0, 0.1) is 11.3 Å². The lowest BCUT2D eigenvalue weighted by Crippen LogP contribution is -2.11. The molecule has 1 N–H and O–H groups in total. The van der Waals surface area contributed by atoms with Gasteiger partial charge in [-0.25, -0.2) is 0 Å². The van der Waals surface area contributed by atoms with E-state index in [9.17, 15) is 4.79 Å². The Morgan fingerprint density at radius 3 is 2.55 bits per heavy atom. The number of nitrogens with zero attached hydrogens (tertiary/aromatic N) is 1. The molecule has 20 heavy (non-hydrogen) atoms. The first-order valence-corrected chi connectivity index (χ1v) is 6.17. The molecule has 0 fully saturated rings. The molecule has 0 atom stereocenters. The summed E-state index contributed by atoms with van der Waals surface area (Å²) in [6.45, 7) is 0. The van der Waals surface area contributed by atoms with E-state index in [1.807, 2.05) is 6.07 Å². The molecule has 5 heteroatoms. The van der Waals surface area contributed by atoms with Crippen LogP contribution in [-0.2, 0) is 0 Å². The van der Waals surface area contributed by atoms with Crippen molar-refractivity contribution in [2.45, 2.75) is 0 Å². The molecule has 100 valence electrons. The SMILES string of the molecule is COc1cc(NC(=O)c2ccc(C#N)cc2)ccc1Cl. The Morgan fingerprint density at radius 2 is 1.95 bits per heavy atom. The van der Waals surface area contributed by atoms with E-state index in [2.05, 4.69) is 5.32 Å². The van der Waals surface area contributed by atoms with Crippen LogP contribution in [0.25, 0.3) is 0 Å². The van der Waals surface area contributed by atoms with Crippen molar-refractivity contribution in [3.8, 4) is 11.8 Å². The Bertz CT molecular complexity index is 675. The van der Waals surface area contributed by atoms with Crippen LogP contribution in [0.15, 0.2) is 42.5 Å². The molecule has 2 aromatic carbocycles. The number of amides is 1. The topological polar surface area (TPSA) is 62.1 Å². The largest absolute Gasteiger partial charge is 0.495 e. The zero-order chi connectivity index (χ0) is 14.5. The van der Waals surface area contributed by atoms with Crippen LogP contribution in [-0.4, -0.2) is 13.0 Å². The van der Waals surface area contributed by atoms with Crippen LogP contribution in [0.4, 0.5) is 5.69 Å². The van der Waals surface area contributed by atoms with E-state index in [1.165, 1.54) is 7.11 Å². The highest BCUT2D eigenvalue weighted by Crippen LogP contribution is 2.27. The van der Waals surface area contributed by atoms with Gasteiger partial charge in [-0.05, 0) is 36.4 Å². The quantitative estimate of drug-likeness (QED) is 0.939. The average Bonchev–Trinajstić information content (AvgIpc) is 2.49. The number of benzene rings is 2. The van der Waals surface area contributed by atoms with Crippen molar-refractivity contribution in [2.24, 2.45) is 0 Å². The number of methoxy groups -OCH3 is 1. The highest BCUT2D eigenvalue weighted by Gasteiger charge is 2.08. The number of hydrogen-bond donors (Lipinski definition) is 1. The summed E-state index contributed by atoms with van der Waals surface area (Å²) in [5, 5.41) is 11.9. The summed E-state index contributed by atoms with van der Waals surface area (Å²) in [7, 11) is 1.51. The molecule has 0 saturated carbocycles. The van der Waals surface area contributed by atoms with Gasteiger partial charge in [-0.15, -0.1) is 0 Å². The molecule has 0 aromatic heterocycles. The van der Waals surface area contributed by atoms with Gasteiger partial charge in [0.25, 0.3) is 5.91 Å². The lowest BCUT2D eigenvalue weighted by molar-refractivity contribution is 0.102. The standard InChI is InChI=1S/C15H11ClN2O2/c1-20-14-8-12(6-7-13(14)16)18-15(19)11-4-2-10(9-17)3-5-11/h2-8H,1H3,(H,18,19). The van der Waals surface area contributed by atoms with Gasteiger partial charge < -0.3 is 10.1 Å². The van der Waals surface area contributed by atoms with Crippen LogP contribution >= 0.6 is 11.6 Å². The fourth-order valence-electron chi connectivity index (χ4n) is 1.64. The monoisotopic (exact) mass is 286 g/mol. The summed E-state index contributed by atoms with van der Waals surface area (Å²) in [6.07, 6.45) is 0. The minimum atomic E-state index is -0.265. The highest BCUT2D eigenvalue weighted by atomic mass is 35.5. The molecular formula is C15H11ClN2O2. The maximum Gasteiger partial charge on any atom is 0.255 e. The number of anilines is 1. The van der Waals surface area contributed by atoms with Gasteiger partial charge in [0.2, 0.25) is 0 Å². The lowest BCUT2D eigenvalue weighted by atomic mass is 10.1. The zero-order valence-electron chi connectivity index (χ0n) is 10.7. The van der Waals surface area contributed by atoms with Crippen molar-refractivity contribution >= 4 is 23.2 Å². The molecule has 0 aliphatic carbocycles. The van der Waals surface area contributed by atoms with Gasteiger partial charge in [0.05, 0.1) is 23.8 Å². The van der Waals surface area contributed by atoms with Crippen LogP contribution in [0.3, 0.4) is 0 Å². The van der Waals surface area contributed by atoms with Crippen molar-refractivity contribution in [1.29, 1.82) is 5.26 Å². The second-order valence-corrected chi connectivity index (χ2v) is 4.40. The van der Waals surface area contributed by atoms with Gasteiger partial charge in [0, 0.05) is 17.3 Å². The first-order chi connectivity index (χ1) is 9.63. The van der Waals surface area contributed by atoms with Crippen LogP contribution in [0.1, 0.15) is 15.9 Å². The van der Waals surface area contributed by atoms with E-state index in [1.54, 1.807) is 42.5 Å². The predicted molar refractivity (Wildman–Crippen MR) is 77.1 cm³/mol. The van der Waals surface area contributed by atoms with Crippen molar-refractivity contribution in [3.63, 3.8) is 0 Å². The minimum absolute atomic E-state index is 0.265. The number of nitriles is 1. The molecule has 1 amide bonds. The second kappa shape index (κ2) is 6.09. The molecule has 0 radical (unpaired) electrons. The molecule has 2 rings (SSSR count). The Hall–Kier alpha value is -2.51. The highest BCUT2D eigenvalue weighted by molar-refractivity contribution is 6.32. The zero-order valence-corrected chi connectivity index (χ0v) is 11.4. The molecule has 4 nitrogen and oxygen atoms in total. The van der Waals surface area contributed by atoms with E-state index >= 15 is 0 Å². The third-order valence-electron chi connectivity index (χ3n) is 2.69. The van der Waals surface area contributed by atoms with Gasteiger partial charge in [0.15, 0.2) is 0 Å². The Morgan fingerprint density at radius 1 is 1.25 bits per heavy atom. The maximum absolute atomic E-state index is 12.0.